The first-order chi connectivity index (χ1) is 8.90. The van der Waals surface area contributed by atoms with Gasteiger partial charge in [-0.2, -0.15) is 0 Å². The van der Waals surface area contributed by atoms with Crippen LogP contribution in [0.1, 0.15) is 30.6 Å². The molecule has 0 spiro atoms. The summed E-state index contributed by atoms with van der Waals surface area (Å²) in [6.07, 6.45) is 2.10. The molecule has 0 amide bonds. The van der Waals surface area contributed by atoms with Crippen LogP contribution in [0.25, 0.3) is 5.69 Å². The predicted molar refractivity (Wildman–Crippen MR) is 68.8 cm³/mol. The van der Waals surface area contributed by atoms with Crippen LogP contribution in [-0.2, 0) is 10.6 Å². The Hall–Kier alpha value is -1.39. The van der Waals surface area contributed by atoms with Crippen LogP contribution in [-0.4, -0.2) is 21.4 Å². The fraction of sp³-hybridized carbons (Fsp3) is 0.385. The van der Waals surface area contributed by atoms with E-state index in [0.29, 0.717) is 5.88 Å². The molecule has 0 aliphatic carbocycles. The zero-order chi connectivity index (χ0) is 12.4. The molecule has 1 aliphatic rings. The highest BCUT2D eigenvalue weighted by atomic mass is 35.5. The molecule has 0 radical (unpaired) electrons. The van der Waals surface area contributed by atoms with Gasteiger partial charge in [-0.05, 0) is 25.0 Å². The average molecular weight is 264 g/mol. The summed E-state index contributed by atoms with van der Waals surface area (Å²) >= 11 is 5.94. The lowest BCUT2D eigenvalue weighted by Gasteiger charge is -2.13. The molecule has 4 nitrogen and oxygen atoms in total. The summed E-state index contributed by atoms with van der Waals surface area (Å²) in [7, 11) is 0. The molecule has 1 aliphatic heterocycles. The van der Waals surface area contributed by atoms with E-state index in [1.807, 2.05) is 34.9 Å². The second-order valence-electron chi connectivity index (χ2n) is 4.28. The molecule has 2 heterocycles. The Kier molecular flexibility index (Phi) is 3.30. The predicted octanol–water partition coefficient (Wildman–Crippen LogP) is 2.86. The number of para-hydroxylation sites is 1. The van der Waals surface area contributed by atoms with Crippen LogP contribution in [0, 0.1) is 0 Å². The SMILES string of the molecule is ClCc1nnc(C2CCCO2)n1-c1ccccc1. The molecule has 0 saturated carbocycles. The number of nitrogens with zero attached hydrogens (tertiary/aromatic N) is 3. The van der Waals surface area contributed by atoms with Gasteiger partial charge in [0.1, 0.15) is 6.10 Å². The average Bonchev–Trinajstić information content (AvgIpc) is 3.08. The third-order valence-electron chi connectivity index (χ3n) is 3.11. The molecular weight excluding hydrogens is 250 g/mol. The van der Waals surface area contributed by atoms with Gasteiger partial charge < -0.3 is 4.74 Å². The Labute approximate surface area is 111 Å². The van der Waals surface area contributed by atoms with Gasteiger partial charge in [0.25, 0.3) is 0 Å². The quantitative estimate of drug-likeness (QED) is 0.800. The minimum Gasteiger partial charge on any atom is -0.370 e. The van der Waals surface area contributed by atoms with Crippen LogP contribution < -0.4 is 0 Å². The van der Waals surface area contributed by atoms with Gasteiger partial charge in [-0.25, -0.2) is 0 Å². The second-order valence-corrected chi connectivity index (χ2v) is 4.55. The van der Waals surface area contributed by atoms with Crippen molar-refractivity contribution in [2.24, 2.45) is 0 Å². The fourth-order valence-electron chi connectivity index (χ4n) is 2.27. The van der Waals surface area contributed by atoms with Crippen molar-refractivity contribution >= 4 is 11.6 Å². The maximum absolute atomic E-state index is 5.94. The van der Waals surface area contributed by atoms with Crippen molar-refractivity contribution < 1.29 is 4.74 Å². The van der Waals surface area contributed by atoms with Gasteiger partial charge in [0, 0.05) is 12.3 Å². The molecule has 5 heteroatoms. The number of ether oxygens (including phenoxy) is 1. The normalized spacial score (nSPS) is 19.3. The summed E-state index contributed by atoms with van der Waals surface area (Å²) in [6, 6.07) is 10.0. The zero-order valence-electron chi connectivity index (χ0n) is 9.92. The Morgan fingerprint density at radius 2 is 2.11 bits per heavy atom. The zero-order valence-corrected chi connectivity index (χ0v) is 10.7. The molecule has 1 fully saturated rings. The van der Waals surface area contributed by atoms with Gasteiger partial charge in [-0.1, -0.05) is 18.2 Å². The molecule has 1 unspecified atom stereocenters. The maximum atomic E-state index is 5.94. The molecule has 3 rings (SSSR count). The molecule has 1 atom stereocenters. The lowest BCUT2D eigenvalue weighted by atomic mass is 10.2. The van der Waals surface area contributed by atoms with Crippen LogP contribution in [0.2, 0.25) is 0 Å². The van der Waals surface area contributed by atoms with Crippen LogP contribution in [0.15, 0.2) is 30.3 Å². The van der Waals surface area contributed by atoms with E-state index in [1.54, 1.807) is 0 Å². The van der Waals surface area contributed by atoms with Gasteiger partial charge in [-0.15, -0.1) is 21.8 Å². The first kappa shape index (κ1) is 11.7. The van der Waals surface area contributed by atoms with Gasteiger partial charge in [0.2, 0.25) is 0 Å². The highest BCUT2D eigenvalue weighted by Gasteiger charge is 2.25. The molecule has 94 valence electrons. The summed E-state index contributed by atoms with van der Waals surface area (Å²) in [4.78, 5) is 0. The Balaban J connectivity index is 2.07. The Morgan fingerprint density at radius 1 is 1.28 bits per heavy atom. The van der Waals surface area contributed by atoms with Crippen molar-refractivity contribution in [2.45, 2.75) is 24.8 Å². The molecule has 0 N–H and O–H groups in total. The molecule has 18 heavy (non-hydrogen) atoms. The second kappa shape index (κ2) is 5.08. The van der Waals surface area contributed by atoms with Crippen molar-refractivity contribution in [3.05, 3.63) is 42.0 Å². The van der Waals surface area contributed by atoms with E-state index in [-0.39, 0.29) is 6.10 Å². The van der Waals surface area contributed by atoms with E-state index in [9.17, 15) is 0 Å². The third-order valence-corrected chi connectivity index (χ3v) is 3.35. The minimum atomic E-state index is 0.0367. The summed E-state index contributed by atoms with van der Waals surface area (Å²) < 4.78 is 7.70. The third kappa shape index (κ3) is 2.02. The maximum Gasteiger partial charge on any atom is 0.166 e. The van der Waals surface area contributed by atoms with E-state index < -0.39 is 0 Å². The topological polar surface area (TPSA) is 39.9 Å². The molecule has 0 bridgehead atoms. The number of rotatable bonds is 3. The number of alkyl halides is 1. The van der Waals surface area contributed by atoms with E-state index in [4.69, 9.17) is 16.3 Å². The Morgan fingerprint density at radius 3 is 2.78 bits per heavy atom. The number of benzene rings is 1. The Bertz CT molecular complexity index is 520. The van der Waals surface area contributed by atoms with E-state index in [1.165, 1.54) is 0 Å². The first-order valence-electron chi connectivity index (χ1n) is 6.07. The number of hydrogen-bond donors (Lipinski definition) is 0. The van der Waals surface area contributed by atoms with Crippen LogP contribution in [0.4, 0.5) is 0 Å². The minimum absolute atomic E-state index is 0.0367. The van der Waals surface area contributed by atoms with Crippen LogP contribution in [0.3, 0.4) is 0 Å². The van der Waals surface area contributed by atoms with Gasteiger partial charge >= 0.3 is 0 Å². The van der Waals surface area contributed by atoms with Gasteiger partial charge in [-0.3, -0.25) is 4.57 Å². The summed E-state index contributed by atoms with van der Waals surface area (Å²) in [6.45, 7) is 0.794. The first-order valence-corrected chi connectivity index (χ1v) is 6.61. The summed E-state index contributed by atoms with van der Waals surface area (Å²) in [5.74, 6) is 1.96. The smallest absolute Gasteiger partial charge is 0.166 e. The van der Waals surface area contributed by atoms with Crippen molar-refractivity contribution in [1.82, 2.24) is 14.8 Å². The summed E-state index contributed by atoms with van der Waals surface area (Å²) in [5.41, 5.74) is 1.03. The lowest BCUT2D eigenvalue weighted by Crippen LogP contribution is -2.08. The van der Waals surface area contributed by atoms with Crippen molar-refractivity contribution in [3.63, 3.8) is 0 Å². The van der Waals surface area contributed by atoms with Crippen molar-refractivity contribution in [1.29, 1.82) is 0 Å². The van der Waals surface area contributed by atoms with Crippen molar-refractivity contribution in [3.8, 4) is 5.69 Å². The fourth-order valence-corrected chi connectivity index (χ4v) is 2.44. The van der Waals surface area contributed by atoms with Gasteiger partial charge in [0.05, 0.1) is 5.88 Å². The number of halogens is 1. The van der Waals surface area contributed by atoms with Gasteiger partial charge in [0.15, 0.2) is 11.6 Å². The van der Waals surface area contributed by atoms with E-state index >= 15 is 0 Å². The standard InChI is InChI=1S/C13H14ClN3O/c14-9-12-15-16-13(11-7-4-8-18-11)17(12)10-5-2-1-3-6-10/h1-3,5-6,11H,4,7-9H2. The highest BCUT2D eigenvalue weighted by molar-refractivity contribution is 6.16. The molecule has 1 saturated heterocycles. The summed E-state index contributed by atoms with van der Waals surface area (Å²) in [5, 5.41) is 8.41. The van der Waals surface area contributed by atoms with Crippen molar-refractivity contribution in [2.75, 3.05) is 6.61 Å². The monoisotopic (exact) mass is 263 g/mol. The van der Waals surface area contributed by atoms with E-state index in [2.05, 4.69) is 10.2 Å². The lowest BCUT2D eigenvalue weighted by molar-refractivity contribution is 0.103. The largest absolute Gasteiger partial charge is 0.370 e. The molecule has 1 aromatic carbocycles. The number of aromatic nitrogens is 3. The number of hydrogen-bond acceptors (Lipinski definition) is 3. The molecular formula is C13H14ClN3O. The molecule has 1 aromatic heterocycles. The molecule has 2 aromatic rings. The highest BCUT2D eigenvalue weighted by Crippen LogP contribution is 2.29. The van der Waals surface area contributed by atoms with Crippen LogP contribution in [0.5, 0.6) is 0 Å². The van der Waals surface area contributed by atoms with Crippen LogP contribution >= 0.6 is 11.6 Å². The van der Waals surface area contributed by atoms with E-state index in [0.717, 1.165) is 36.8 Å².